The van der Waals surface area contributed by atoms with Gasteiger partial charge in [0.15, 0.2) is 0 Å². The van der Waals surface area contributed by atoms with Crippen LogP contribution in [-0.2, 0) is 4.79 Å². The Morgan fingerprint density at radius 1 is 1.47 bits per heavy atom. The number of nitrogens with zero attached hydrogens (tertiary/aromatic N) is 1. The molecule has 0 radical (unpaired) electrons. The summed E-state index contributed by atoms with van der Waals surface area (Å²) in [5.74, 6) is 0.140. The van der Waals surface area contributed by atoms with Gasteiger partial charge in [0.1, 0.15) is 23.8 Å². The van der Waals surface area contributed by atoms with E-state index in [4.69, 9.17) is 4.74 Å². The average molecular weight is 267 g/mol. The molecule has 19 heavy (non-hydrogen) atoms. The monoisotopic (exact) mass is 267 g/mol. The van der Waals surface area contributed by atoms with Gasteiger partial charge in [0, 0.05) is 13.5 Å². The Hall–Kier alpha value is -1.62. The minimum atomic E-state index is -1.03. The third kappa shape index (κ3) is 3.67. The second-order valence-corrected chi connectivity index (χ2v) is 5.01. The molecule has 1 aliphatic heterocycles. The molecule has 5 heteroatoms. The van der Waals surface area contributed by atoms with Crippen molar-refractivity contribution in [1.29, 1.82) is 0 Å². The summed E-state index contributed by atoms with van der Waals surface area (Å²) >= 11 is 0. The first-order valence-corrected chi connectivity index (χ1v) is 6.35. The van der Waals surface area contributed by atoms with Gasteiger partial charge in [0.05, 0.1) is 6.54 Å². The molecule has 2 rings (SSSR count). The molecule has 1 unspecified atom stereocenters. The Morgan fingerprint density at radius 3 is 2.79 bits per heavy atom. The van der Waals surface area contributed by atoms with Crippen molar-refractivity contribution in [3.63, 3.8) is 0 Å². The van der Waals surface area contributed by atoms with Crippen LogP contribution in [-0.4, -0.2) is 41.2 Å². The number of aliphatic hydroxyl groups is 1. The molecule has 1 atom stereocenters. The van der Waals surface area contributed by atoms with Crippen LogP contribution in [0.1, 0.15) is 19.8 Å². The molecule has 1 aliphatic rings. The Labute approximate surface area is 111 Å². The number of rotatable bonds is 3. The lowest BCUT2D eigenvalue weighted by atomic mass is 9.93. The average Bonchev–Trinajstić information content (AvgIpc) is 2.38. The van der Waals surface area contributed by atoms with Crippen molar-refractivity contribution in [2.75, 3.05) is 19.7 Å². The van der Waals surface area contributed by atoms with Crippen molar-refractivity contribution in [2.24, 2.45) is 0 Å². The number of β-amino-alcohol motifs (C(OH)–C–C–N with tert-alkyl or cyclic N) is 1. The third-order valence-corrected chi connectivity index (χ3v) is 3.32. The van der Waals surface area contributed by atoms with Crippen LogP contribution in [0.2, 0.25) is 0 Å². The van der Waals surface area contributed by atoms with E-state index in [2.05, 4.69) is 0 Å². The summed E-state index contributed by atoms with van der Waals surface area (Å²) in [6.45, 7) is 2.55. The summed E-state index contributed by atoms with van der Waals surface area (Å²) in [5, 5.41) is 10.4. The van der Waals surface area contributed by atoms with Crippen molar-refractivity contribution < 1.29 is 19.0 Å². The van der Waals surface area contributed by atoms with Crippen LogP contribution < -0.4 is 4.74 Å². The zero-order valence-electron chi connectivity index (χ0n) is 10.9. The fraction of sp³-hybridized carbons (Fsp3) is 0.500. The minimum absolute atomic E-state index is 0.0418. The number of carbonyl (C=O) groups is 1. The molecule has 1 aromatic rings. The number of carbonyl (C=O) groups excluding carboxylic acids is 1. The number of piperidine rings is 1. The zero-order valence-corrected chi connectivity index (χ0v) is 10.9. The van der Waals surface area contributed by atoms with Gasteiger partial charge in [-0.15, -0.1) is 0 Å². The molecule has 4 nitrogen and oxygen atoms in total. The Morgan fingerprint density at radius 2 is 2.16 bits per heavy atom. The maximum atomic E-state index is 12.7. The van der Waals surface area contributed by atoms with E-state index in [0.29, 0.717) is 18.7 Å². The van der Waals surface area contributed by atoms with Gasteiger partial charge < -0.3 is 14.7 Å². The van der Waals surface area contributed by atoms with E-state index in [0.717, 1.165) is 6.42 Å². The molecule has 0 aliphatic carbocycles. The van der Waals surface area contributed by atoms with E-state index < -0.39 is 5.60 Å². The fourth-order valence-corrected chi connectivity index (χ4v) is 2.25. The lowest BCUT2D eigenvalue weighted by Crippen LogP contribution is -2.52. The molecule has 1 heterocycles. The van der Waals surface area contributed by atoms with Crippen LogP contribution in [0.15, 0.2) is 24.3 Å². The molecular weight excluding hydrogens is 249 g/mol. The molecule has 1 fully saturated rings. The van der Waals surface area contributed by atoms with Gasteiger partial charge in [-0.05, 0) is 37.1 Å². The maximum absolute atomic E-state index is 12.7. The van der Waals surface area contributed by atoms with Gasteiger partial charge >= 0.3 is 0 Å². The molecule has 1 saturated heterocycles. The highest BCUT2D eigenvalue weighted by Gasteiger charge is 2.35. The highest BCUT2D eigenvalue weighted by Crippen LogP contribution is 2.23. The number of amides is 1. The lowest BCUT2D eigenvalue weighted by molar-refractivity contribution is -0.137. The Bertz CT molecular complexity index is 449. The Kier molecular flexibility index (Phi) is 4.04. The Balaban J connectivity index is 1.93. The van der Waals surface area contributed by atoms with Crippen molar-refractivity contribution in [2.45, 2.75) is 25.4 Å². The zero-order chi connectivity index (χ0) is 13.9. The first-order chi connectivity index (χ1) is 8.98. The summed E-state index contributed by atoms with van der Waals surface area (Å²) in [7, 11) is 0. The smallest absolute Gasteiger partial charge is 0.219 e. The standard InChI is InChI=1S/C14H18FNO3/c1-11(17)16-8-2-7-14(18,9-16)10-19-13-5-3-12(15)4-6-13/h3-6,18H,2,7-10H2,1H3. The number of hydrogen-bond donors (Lipinski definition) is 1. The van der Waals surface area contributed by atoms with Crippen molar-refractivity contribution in [3.8, 4) is 5.75 Å². The summed E-state index contributed by atoms with van der Waals surface area (Å²) in [6.07, 6.45) is 1.35. The van der Waals surface area contributed by atoms with Crippen LogP contribution in [0.5, 0.6) is 5.75 Å². The summed E-state index contributed by atoms with van der Waals surface area (Å²) < 4.78 is 18.2. The highest BCUT2D eigenvalue weighted by molar-refractivity contribution is 5.73. The third-order valence-electron chi connectivity index (χ3n) is 3.32. The number of benzene rings is 1. The van der Waals surface area contributed by atoms with Crippen molar-refractivity contribution >= 4 is 5.91 Å². The van der Waals surface area contributed by atoms with Crippen LogP contribution in [0.25, 0.3) is 0 Å². The van der Waals surface area contributed by atoms with Gasteiger partial charge in [-0.25, -0.2) is 4.39 Å². The second kappa shape index (κ2) is 5.57. The van der Waals surface area contributed by atoms with Gasteiger partial charge in [-0.1, -0.05) is 0 Å². The summed E-state index contributed by atoms with van der Waals surface area (Å²) in [5.41, 5.74) is -1.03. The number of hydrogen-bond acceptors (Lipinski definition) is 3. The molecule has 104 valence electrons. The van der Waals surface area contributed by atoms with Gasteiger partial charge in [-0.3, -0.25) is 4.79 Å². The molecule has 1 N–H and O–H groups in total. The van der Waals surface area contributed by atoms with E-state index in [1.807, 2.05) is 0 Å². The molecule has 0 saturated carbocycles. The van der Waals surface area contributed by atoms with E-state index in [-0.39, 0.29) is 24.9 Å². The van der Waals surface area contributed by atoms with E-state index in [1.54, 1.807) is 4.90 Å². The number of halogens is 1. The quantitative estimate of drug-likeness (QED) is 0.904. The number of likely N-dealkylation sites (tertiary alicyclic amines) is 1. The summed E-state index contributed by atoms with van der Waals surface area (Å²) in [4.78, 5) is 13.0. The van der Waals surface area contributed by atoms with E-state index in [1.165, 1.54) is 31.2 Å². The normalized spacial score (nSPS) is 23.2. The summed E-state index contributed by atoms with van der Waals surface area (Å²) in [6, 6.07) is 5.65. The molecule has 0 aromatic heterocycles. The van der Waals surface area contributed by atoms with Gasteiger partial charge in [-0.2, -0.15) is 0 Å². The van der Waals surface area contributed by atoms with Gasteiger partial charge in [0.25, 0.3) is 0 Å². The first-order valence-electron chi connectivity index (χ1n) is 6.35. The van der Waals surface area contributed by atoms with Crippen LogP contribution in [0, 0.1) is 5.82 Å². The van der Waals surface area contributed by atoms with Crippen LogP contribution in [0.3, 0.4) is 0 Å². The fourth-order valence-electron chi connectivity index (χ4n) is 2.25. The van der Waals surface area contributed by atoms with Crippen molar-refractivity contribution in [1.82, 2.24) is 4.90 Å². The van der Waals surface area contributed by atoms with E-state index in [9.17, 15) is 14.3 Å². The molecule has 0 spiro atoms. The van der Waals surface area contributed by atoms with E-state index >= 15 is 0 Å². The van der Waals surface area contributed by atoms with Crippen LogP contribution in [0.4, 0.5) is 4.39 Å². The molecular formula is C14H18FNO3. The highest BCUT2D eigenvalue weighted by atomic mass is 19.1. The molecule has 1 aromatic carbocycles. The predicted molar refractivity (Wildman–Crippen MR) is 68.3 cm³/mol. The molecule has 0 bridgehead atoms. The van der Waals surface area contributed by atoms with Crippen LogP contribution >= 0.6 is 0 Å². The van der Waals surface area contributed by atoms with Crippen molar-refractivity contribution in [3.05, 3.63) is 30.1 Å². The SMILES string of the molecule is CC(=O)N1CCCC(O)(COc2ccc(F)cc2)C1. The topological polar surface area (TPSA) is 49.8 Å². The van der Waals surface area contributed by atoms with Gasteiger partial charge in [0.2, 0.25) is 5.91 Å². The number of ether oxygens (including phenoxy) is 1. The molecule has 1 amide bonds. The largest absolute Gasteiger partial charge is 0.491 e. The first kappa shape index (κ1) is 13.8. The minimum Gasteiger partial charge on any atom is -0.491 e. The lowest BCUT2D eigenvalue weighted by Gasteiger charge is -2.38. The maximum Gasteiger partial charge on any atom is 0.219 e. The predicted octanol–water partition coefficient (Wildman–Crippen LogP) is 1.58. The second-order valence-electron chi connectivity index (χ2n) is 5.01.